The molecule has 138 valence electrons. The molecule has 0 amide bonds. The van der Waals surface area contributed by atoms with Crippen molar-refractivity contribution in [1.82, 2.24) is 4.90 Å². The van der Waals surface area contributed by atoms with Gasteiger partial charge in [-0.2, -0.15) is 0 Å². The van der Waals surface area contributed by atoms with Gasteiger partial charge in [-0.3, -0.25) is 4.31 Å². The highest BCUT2D eigenvalue weighted by Gasteiger charge is 2.46. The van der Waals surface area contributed by atoms with Crippen molar-refractivity contribution >= 4 is 15.7 Å². The highest BCUT2D eigenvalue weighted by molar-refractivity contribution is 7.92. The van der Waals surface area contributed by atoms with Crippen molar-refractivity contribution < 1.29 is 17.2 Å². The zero-order valence-corrected chi connectivity index (χ0v) is 15.4. The number of rotatable bonds is 2. The molecule has 0 saturated carbocycles. The van der Waals surface area contributed by atoms with E-state index in [1.807, 2.05) is 26.1 Å². The third-order valence-electron chi connectivity index (χ3n) is 5.29. The van der Waals surface area contributed by atoms with Crippen LogP contribution in [0.3, 0.4) is 0 Å². The smallest absolute Gasteiger partial charge is 0.264 e. The van der Waals surface area contributed by atoms with Gasteiger partial charge in [-0.25, -0.2) is 17.2 Å². The van der Waals surface area contributed by atoms with E-state index in [0.29, 0.717) is 18.2 Å². The largest absolute Gasteiger partial charge is 0.306 e. The van der Waals surface area contributed by atoms with Crippen molar-refractivity contribution in [2.75, 3.05) is 24.4 Å². The molecule has 0 unspecified atom stereocenters. The summed E-state index contributed by atoms with van der Waals surface area (Å²) in [5.41, 5.74) is 2.67. The number of halogens is 2. The molecule has 2 aromatic rings. The van der Waals surface area contributed by atoms with Crippen molar-refractivity contribution in [3.05, 3.63) is 59.2 Å². The molecule has 0 N–H and O–H groups in total. The second-order valence-electron chi connectivity index (χ2n) is 7.19. The van der Waals surface area contributed by atoms with Gasteiger partial charge in [0.1, 0.15) is 11.6 Å². The second-order valence-corrected chi connectivity index (χ2v) is 9.01. The molecule has 0 spiro atoms. The van der Waals surface area contributed by atoms with Crippen molar-refractivity contribution in [3.8, 4) is 0 Å². The summed E-state index contributed by atoms with van der Waals surface area (Å²) in [6, 6.07) is 7.90. The molecule has 1 fully saturated rings. The molecular weight excluding hydrogens is 358 g/mol. The number of piperidine rings is 1. The zero-order chi connectivity index (χ0) is 18.6. The molecule has 4 nitrogen and oxygen atoms in total. The van der Waals surface area contributed by atoms with Crippen LogP contribution in [0, 0.1) is 18.6 Å². The Morgan fingerprint density at radius 3 is 2.46 bits per heavy atom. The first-order chi connectivity index (χ1) is 12.3. The number of hydrogen-bond acceptors (Lipinski definition) is 3. The average Bonchev–Trinajstić information content (AvgIpc) is 2.87. The number of likely N-dealkylation sites (tertiary alicyclic amines) is 1. The molecule has 2 aliphatic rings. The SMILES string of the molecule is Cc1ccc2c(c1)[C@H]1CN(C)CC[C@@H]1N2S(=O)(=O)c1cc(F)cc(F)c1. The Kier molecular flexibility index (Phi) is 4.04. The number of hydrogen-bond donors (Lipinski definition) is 0. The fraction of sp³-hybridized carbons (Fsp3) is 0.368. The summed E-state index contributed by atoms with van der Waals surface area (Å²) < 4.78 is 55.3. The summed E-state index contributed by atoms with van der Waals surface area (Å²) in [5.74, 6) is -1.74. The lowest BCUT2D eigenvalue weighted by atomic mass is 9.89. The highest BCUT2D eigenvalue weighted by Crippen LogP contribution is 2.47. The molecule has 4 rings (SSSR count). The number of benzene rings is 2. The number of likely N-dealkylation sites (N-methyl/N-ethyl adjacent to an activating group) is 1. The number of fused-ring (bicyclic) bond motifs is 3. The predicted molar refractivity (Wildman–Crippen MR) is 95.8 cm³/mol. The Labute approximate surface area is 152 Å². The van der Waals surface area contributed by atoms with Crippen LogP contribution in [0.1, 0.15) is 23.5 Å². The van der Waals surface area contributed by atoms with Crippen LogP contribution >= 0.6 is 0 Å². The molecule has 2 atom stereocenters. The third kappa shape index (κ3) is 2.70. The van der Waals surface area contributed by atoms with Gasteiger partial charge in [0, 0.05) is 18.5 Å². The van der Waals surface area contributed by atoms with E-state index in [9.17, 15) is 17.2 Å². The summed E-state index contributed by atoms with van der Waals surface area (Å²) >= 11 is 0. The van der Waals surface area contributed by atoms with Crippen molar-refractivity contribution in [3.63, 3.8) is 0 Å². The van der Waals surface area contributed by atoms with Gasteiger partial charge < -0.3 is 4.90 Å². The minimum absolute atomic E-state index is 0.0526. The Balaban J connectivity index is 1.87. The highest BCUT2D eigenvalue weighted by atomic mass is 32.2. The monoisotopic (exact) mass is 378 g/mol. The van der Waals surface area contributed by atoms with E-state index in [-0.39, 0.29) is 16.9 Å². The van der Waals surface area contributed by atoms with Gasteiger partial charge in [0.25, 0.3) is 10.0 Å². The lowest BCUT2D eigenvalue weighted by Crippen LogP contribution is -2.47. The van der Waals surface area contributed by atoms with Gasteiger partial charge >= 0.3 is 0 Å². The normalized spacial score (nSPS) is 23.0. The van der Waals surface area contributed by atoms with E-state index in [1.165, 1.54) is 4.31 Å². The van der Waals surface area contributed by atoms with Crippen LogP contribution < -0.4 is 4.31 Å². The molecule has 2 heterocycles. The van der Waals surface area contributed by atoms with Gasteiger partial charge in [-0.1, -0.05) is 17.7 Å². The minimum atomic E-state index is -4.06. The van der Waals surface area contributed by atoms with Gasteiger partial charge in [-0.05, 0) is 50.7 Å². The molecule has 7 heteroatoms. The van der Waals surface area contributed by atoms with Gasteiger partial charge in [0.2, 0.25) is 0 Å². The van der Waals surface area contributed by atoms with Crippen LogP contribution in [-0.4, -0.2) is 39.5 Å². The van der Waals surface area contributed by atoms with Crippen LogP contribution in [0.15, 0.2) is 41.3 Å². The molecule has 0 bridgehead atoms. The maximum atomic E-state index is 13.6. The topological polar surface area (TPSA) is 40.6 Å². The fourth-order valence-electron chi connectivity index (χ4n) is 4.14. The Bertz CT molecular complexity index is 957. The summed E-state index contributed by atoms with van der Waals surface area (Å²) in [7, 11) is -2.04. The molecule has 2 aromatic carbocycles. The summed E-state index contributed by atoms with van der Waals surface area (Å²) in [5, 5.41) is 0. The van der Waals surface area contributed by atoms with Gasteiger partial charge in [-0.15, -0.1) is 0 Å². The number of aryl methyl sites for hydroxylation is 1. The van der Waals surface area contributed by atoms with E-state index in [1.54, 1.807) is 6.07 Å². The summed E-state index contributed by atoms with van der Waals surface area (Å²) in [4.78, 5) is 1.84. The third-order valence-corrected chi connectivity index (χ3v) is 7.11. The first-order valence-corrected chi connectivity index (χ1v) is 10.0. The zero-order valence-electron chi connectivity index (χ0n) is 14.6. The van der Waals surface area contributed by atoms with Gasteiger partial charge in [0.05, 0.1) is 16.6 Å². The van der Waals surface area contributed by atoms with E-state index in [4.69, 9.17) is 0 Å². The van der Waals surface area contributed by atoms with E-state index >= 15 is 0 Å². The Morgan fingerprint density at radius 1 is 1.08 bits per heavy atom. The molecule has 0 aliphatic carbocycles. The van der Waals surface area contributed by atoms with E-state index < -0.39 is 21.7 Å². The predicted octanol–water partition coefficient (Wildman–Crippen LogP) is 3.27. The van der Waals surface area contributed by atoms with Crippen LogP contribution in [-0.2, 0) is 10.0 Å². The lowest BCUT2D eigenvalue weighted by Gasteiger charge is -2.36. The number of anilines is 1. The first kappa shape index (κ1) is 17.4. The van der Waals surface area contributed by atoms with Crippen molar-refractivity contribution in [2.24, 2.45) is 0 Å². The quantitative estimate of drug-likeness (QED) is 0.805. The van der Waals surface area contributed by atoms with Crippen molar-refractivity contribution in [1.29, 1.82) is 0 Å². The van der Waals surface area contributed by atoms with Gasteiger partial charge in [0.15, 0.2) is 0 Å². The maximum Gasteiger partial charge on any atom is 0.264 e. The van der Waals surface area contributed by atoms with Crippen LogP contribution in [0.5, 0.6) is 0 Å². The number of nitrogens with zero attached hydrogens (tertiary/aromatic N) is 2. The minimum Gasteiger partial charge on any atom is -0.306 e. The summed E-state index contributed by atoms with van der Waals surface area (Å²) in [6.45, 7) is 3.50. The molecule has 1 saturated heterocycles. The molecule has 0 aromatic heterocycles. The Hall–Kier alpha value is -1.99. The first-order valence-electron chi connectivity index (χ1n) is 8.57. The van der Waals surface area contributed by atoms with Crippen LogP contribution in [0.2, 0.25) is 0 Å². The molecule has 0 radical (unpaired) electrons. The van der Waals surface area contributed by atoms with Crippen LogP contribution in [0.4, 0.5) is 14.5 Å². The fourth-order valence-corrected chi connectivity index (χ4v) is 5.92. The molecule has 2 aliphatic heterocycles. The van der Waals surface area contributed by atoms with Crippen LogP contribution in [0.25, 0.3) is 0 Å². The molecular formula is C19H20F2N2O2S. The van der Waals surface area contributed by atoms with Crippen molar-refractivity contribution in [2.45, 2.75) is 30.2 Å². The number of sulfonamides is 1. The standard InChI is InChI=1S/C19H20F2N2O2S/c1-12-3-4-18-16(7-12)17-11-22(2)6-5-19(17)23(18)26(24,25)15-9-13(20)8-14(21)10-15/h3-4,7-10,17,19H,5-6,11H2,1-2H3/t17-,19+/m1/s1. The molecule has 26 heavy (non-hydrogen) atoms. The maximum absolute atomic E-state index is 13.6. The Morgan fingerprint density at radius 2 is 1.77 bits per heavy atom. The van der Waals surface area contributed by atoms with E-state index in [0.717, 1.165) is 36.3 Å². The lowest BCUT2D eigenvalue weighted by molar-refractivity contribution is 0.237. The second kappa shape index (κ2) is 6.03. The van der Waals surface area contributed by atoms with E-state index in [2.05, 4.69) is 4.90 Å². The summed E-state index contributed by atoms with van der Waals surface area (Å²) in [6.07, 6.45) is 0.673. The average molecular weight is 378 g/mol.